The van der Waals surface area contributed by atoms with Crippen molar-refractivity contribution in [2.24, 2.45) is 0 Å². The van der Waals surface area contributed by atoms with Crippen LogP contribution in [-0.4, -0.2) is 27.0 Å². The van der Waals surface area contributed by atoms with E-state index in [9.17, 15) is 9.59 Å². The number of aromatic nitrogens is 3. The Bertz CT molecular complexity index is 1090. The van der Waals surface area contributed by atoms with Crippen molar-refractivity contribution in [1.29, 1.82) is 0 Å². The molecule has 7 nitrogen and oxygen atoms in total. The van der Waals surface area contributed by atoms with Crippen LogP contribution in [0.1, 0.15) is 42.0 Å². The largest absolute Gasteiger partial charge is 0.306 e. The van der Waals surface area contributed by atoms with E-state index in [-0.39, 0.29) is 17.7 Å². The summed E-state index contributed by atoms with van der Waals surface area (Å²) in [6, 6.07) is 11.1. The summed E-state index contributed by atoms with van der Waals surface area (Å²) in [4.78, 5) is 29.6. The summed E-state index contributed by atoms with van der Waals surface area (Å²) in [7, 11) is 0. The van der Waals surface area contributed by atoms with Gasteiger partial charge < -0.3 is 10.6 Å². The molecule has 0 spiro atoms. The summed E-state index contributed by atoms with van der Waals surface area (Å²) in [6.07, 6.45) is 5.46. The molecule has 0 saturated heterocycles. The second-order valence-corrected chi connectivity index (χ2v) is 8.24. The standard InChI is InChI=1S/C22H21N5O2S/c1-3-20(28)24-19-10-9-17(26-27-19)16-6-4-5-15(11-16)13(2)21(29)25-22-23-12-18(30-22)14-7-8-14/h3-6,9-14H,1,7-8H2,2H3,(H,23,25,29)(H,24,27,28). The topological polar surface area (TPSA) is 96.9 Å². The van der Waals surface area contributed by atoms with Gasteiger partial charge in [-0.05, 0) is 55.5 Å². The molecule has 8 heteroatoms. The number of nitrogens with one attached hydrogen (secondary N) is 2. The Morgan fingerprint density at radius 2 is 2.03 bits per heavy atom. The molecular weight excluding hydrogens is 398 g/mol. The molecule has 2 amide bonds. The highest BCUT2D eigenvalue weighted by molar-refractivity contribution is 7.15. The van der Waals surface area contributed by atoms with Gasteiger partial charge in [-0.15, -0.1) is 21.5 Å². The molecule has 1 atom stereocenters. The van der Waals surface area contributed by atoms with E-state index >= 15 is 0 Å². The molecule has 1 aromatic carbocycles. The molecular formula is C22H21N5O2S. The Hall–Kier alpha value is -3.39. The van der Waals surface area contributed by atoms with Crippen LogP contribution >= 0.6 is 11.3 Å². The molecule has 1 fully saturated rings. The monoisotopic (exact) mass is 419 g/mol. The first-order valence-corrected chi connectivity index (χ1v) is 10.5. The van der Waals surface area contributed by atoms with Crippen LogP contribution in [0.5, 0.6) is 0 Å². The molecule has 0 radical (unpaired) electrons. The van der Waals surface area contributed by atoms with Gasteiger partial charge in [-0.2, -0.15) is 0 Å². The highest BCUT2D eigenvalue weighted by Gasteiger charge is 2.26. The summed E-state index contributed by atoms with van der Waals surface area (Å²) in [5, 5.41) is 14.3. The lowest BCUT2D eigenvalue weighted by atomic mass is 9.97. The molecule has 2 aromatic heterocycles. The molecule has 0 bridgehead atoms. The molecule has 2 heterocycles. The Morgan fingerprint density at radius 1 is 1.20 bits per heavy atom. The molecule has 1 unspecified atom stereocenters. The number of amides is 2. The minimum absolute atomic E-state index is 0.0996. The molecule has 152 valence electrons. The van der Waals surface area contributed by atoms with Crippen LogP contribution in [0.25, 0.3) is 11.3 Å². The van der Waals surface area contributed by atoms with Crippen molar-refractivity contribution >= 4 is 34.1 Å². The Morgan fingerprint density at radius 3 is 2.73 bits per heavy atom. The van der Waals surface area contributed by atoms with Crippen LogP contribution < -0.4 is 10.6 Å². The quantitative estimate of drug-likeness (QED) is 0.555. The van der Waals surface area contributed by atoms with Gasteiger partial charge in [0.2, 0.25) is 11.8 Å². The third-order valence-corrected chi connectivity index (χ3v) is 5.99. The van der Waals surface area contributed by atoms with E-state index < -0.39 is 0 Å². The number of benzene rings is 1. The van der Waals surface area contributed by atoms with E-state index in [0.717, 1.165) is 11.1 Å². The number of carbonyl (C=O) groups is 2. The highest BCUT2D eigenvalue weighted by atomic mass is 32.1. The first kappa shape index (κ1) is 19.9. The fourth-order valence-electron chi connectivity index (χ4n) is 2.96. The van der Waals surface area contributed by atoms with Crippen LogP contribution in [0.15, 0.2) is 55.3 Å². The van der Waals surface area contributed by atoms with Crippen LogP contribution in [0, 0.1) is 0 Å². The van der Waals surface area contributed by atoms with Gasteiger partial charge in [-0.1, -0.05) is 24.8 Å². The van der Waals surface area contributed by atoms with Crippen LogP contribution in [0.2, 0.25) is 0 Å². The van der Waals surface area contributed by atoms with Gasteiger partial charge in [0.15, 0.2) is 10.9 Å². The molecule has 1 saturated carbocycles. The lowest BCUT2D eigenvalue weighted by Gasteiger charge is -2.12. The number of carbonyl (C=O) groups excluding carboxylic acids is 2. The van der Waals surface area contributed by atoms with E-state index in [2.05, 4.69) is 32.4 Å². The normalized spacial score (nSPS) is 14.0. The maximum Gasteiger partial charge on any atom is 0.248 e. The molecule has 1 aliphatic rings. The van der Waals surface area contributed by atoms with Gasteiger partial charge >= 0.3 is 0 Å². The second kappa shape index (κ2) is 8.54. The fraction of sp³-hybridized carbons (Fsp3) is 0.227. The lowest BCUT2D eigenvalue weighted by Crippen LogP contribution is -2.18. The predicted octanol–water partition coefficient (Wildman–Crippen LogP) is 4.34. The van der Waals surface area contributed by atoms with E-state index in [1.807, 2.05) is 37.4 Å². The first-order valence-electron chi connectivity index (χ1n) is 9.67. The summed E-state index contributed by atoms with van der Waals surface area (Å²) in [6.45, 7) is 5.27. The van der Waals surface area contributed by atoms with Crippen molar-refractivity contribution in [2.45, 2.75) is 31.6 Å². The van der Waals surface area contributed by atoms with Gasteiger partial charge in [0, 0.05) is 16.6 Å². The van der Waals surface area contributed by atoms with Crippen molar-refractivity contribution in [3.8, 4) is 11.3 Å². The summed E-state index contributed by atoms with van der Waals surface area (Å²) in [5.41, 5.74) is 2.36. The number of hydrogen-bond donors (Lipinski definition) is 2. The van der Waals surface area contributed by atoms with E-state index in [4.69, 9.17) is 0 Å². The Kier molecular flexibility index (Phi) is 5.67. The summed E-state index contributed by atoms with van der Waals surface area (Å²) < 4.78 is 0. The molecule has 0 aliphatic heterocycles. The highest BCUT2D eigenvalue weighted by Crippen LogP contribution is 2.43. The Labute approximate surface area is 178 Å². The van der Waals surface area contributed by atoms with Crippen LogP contribution in [-0.2, 0) is 9.59 Å². The number of nitrogens with zero attached hydrogens (tertiary/aromatic N) is 3. The summed E-state index contributed by atoms with van der Waals surface area (Å²) in [5.74, 6) is 0.180. The molecule has 4 rings (SSSR count). The predicted molar refractivity (Wildman–Crippen MR) is 117 cm³/mol. The average molecular weight is 420 g/mol. The first-order chi connectivity index (χ1) is 14.5. The zero-order valence-electron chi connectivity index (χ0n) is 16.5. The minimum atomic E-state index is -0.350. The SMILES string of the molecule is C=CC(=O)Nc1ccc(-c2cccc(C(C)C(=O)Nc3ncc(C4CC4)s3)c2)nn1. The molecule has 3 aromatic rings. The van der Waals surface area contributed by atoms with Crippen molar-refractivity contribution in [3.05, 3.63) is 65.7 Å². The number of rotatable bonds is 7. The van der Waals surface area contributed by atoms with Gasteiger partial charge in [0.1, 0.15) is 0 Å². The van der Waals surface area contributed by atoms with Gasteiger partial charge in [0.25, 0.3) is 0 Å². The average Bonchev–Trinajstić information content (AvgIpc) is 3.52. The number of anilines is 2. The number of thiazole rings is 1. The van der Waals surface area contributed by atoms with E-state index in [1.54, 1.807) is 23.5 Å². The van der Waals surface area contributed by atoms with Crippen molar-refractivity contribution < 1.29 is 9.59 Å². The van der Waals surface area contributed by atoms with E-state index in [1.165, 1.54) is 23.8 Å². The maximum absolute atomic E-state index is 12.7. The van der Waals surface area contributed by atoms with Crippen molar-refractivity contribution in [2.75, 3.05) is 10.6 Å². The van der Waals surface area contributed by atoms with Gasteiger partial charge in [0.05, 0.1) is 11.6 Å². The maximum atomic E-state index is 12.7. The third-order valence-electron chi connectivity index (χ3n) is 4.91. The molecule has 30 heavy (non-hydrogen) atoms. The molecule has 2 N–H and O–H groups in total. The number of hydrogen-bond acceptors (Lipinski definition) is 6. The van der Waals surface area contributed by atoms with Crippen LogP contribution in [0.4, 0.5) is 10.9 Å². The van der Waals surface area contributed by atoms with Gasteiger partial charge in [-0.25, -0.2) is 4.98 Å². The molecule has 1 aliphatic carbocycles. The minimum Gasteiger partial charge on any atom is -0.306 e. The fourth-order valence-corrected chi connectivity index (χ4v) is 3.95. The zero-order chi connectivity index (χ0) is 21.1. The van der Waals surface area contributed by atoms with Gasteiger partial charge in [-0.3, -0.25) is 9.59 Å². The zero-order valence-corrected chi connectivity index (χ0v) is 17.3. The lowest BCUT2D eigenvalue weighted by molar-refractivity contribution is -0.117. The third kappa shape index (κ3) is 4.60. The van der Waals surface area contributed by atoms with Crippen LogP contribution in [0.3, 0.4) is 0 Å². The van der Waals surface area contributed by atoms with Crippen molar-refractivity contribution in [1.82, 2.24) is 15.2 Å². The van der Waals surface area contributed by atoms with Crippen molar-refractivity contribution in [3.63, 3.8) is 0 Å². The summed E-state index contributed by atoms with van der Waals surface area (Å²) >= 11 is 1.55. The smallest absolute Gasteiger partial charge is 0.248 e. The Balaban J connectivity index is 1.45. The van der Waals surface area contributed by atoms with E-state index in [0.29, 0.717) is 22.6 Å². The second-order valence-electron chi connectivity index (χ2n) is 7.18.